The van der Waals surface area contributed by atoms with Crippen LogP contribution >= 0.6 is 0 Å². The Labute approximate surface area is 181 Å². The van der Waals surface area contributed by atoms with Gasteiger partial charge in [0.25, 0.3) is 5.56 Å². The van der Waals surface area contributed by atoms with Crippen LogP contribution in [-0.2, 0) is 10.3 Å². The van der Waals surface area contributed by atoms with Gasteiger partial charge in [0.15, 0.2) is 8.32 Å². The minimum Gasteiger partial charge on any atom is -0.410 e. The summed E-state index contributed by atoms with van der Waals surface area (Å²) in [5.41, 5.74) is 0.845. The summed E-state index contributed by atoms with van der Waals surface area (Å²) >= 11 is 0. The molecule has 1 N–H and O–H groups in total. The first-order valence-corrected chi connectivity index (χ1v) is 13.1. The Hall–Kier alpha value is -2.46. The summed E-state index contributed by atoms with van der Waals surface area (Å²) in [6.45, 7) is 12.9. The molecule has 3 rings (SSSR count). The van der Waals surface area contributed by atoms with Crippen molar-refractivity contribution in [2.75, 3.05) is 6.61 Å². The monoisotopic (exact) mass is 449 g/mol. The zero-order chi connectivity index (χ0) is 23.2. The summed E-state index contributed by atoms with van der Waals surface area (Å²) in [4.78, 5) is 23.9. The fourth-order valence-electron chi connectivity index (χ4n) is 2.96. The summed E-state index contributed by atoms with van der Waals surface area (Å²) in [7, 11) is -2.32. The van der Waals surface area contributed by atoms with Crippen LogP contribution in [0.3, 0.4) is 0 Å². The Kier molecular flexibility index (Phi) is 5.92. The maximum absolute atomic E-state index is 14.8. The molecule has 0 bridgehead atoms. The lowest BCUT2D eigenvalue weighted by Crippen LogP contribution is -2.43. The van der Waals surface area contributed by atoms with Crippen LogP contribution in [0.5, 0.6) is 0 Å². The predicted molar refractivity (Wildman–Crippen MR) is 118 cm³/mol. The standard InChI is InChI=1S/C21H29F2N5O2Si/c1-13(2)16-17(27-19-25-12-26-28(19)18(16)29)14-8-9-15(24-10-14)21(22,23)11-30-31(6,7)20(3,4)5/h8-10,12-13H,11H2,1-7H3,(H,25,26,27). The molecule has 0 saturated carbocycles. The van der Waals surface area contributed by atoms with Gasteiger partial charge >= 0.3 is 5.92 Å². The van der Waals surface area contributed by atoms with Crippen molar-refractivity contribution in [1.29, 1.82) is 0 Å². The third-order valence-corrected chi connectivity index (χ3v) is 10.4. The van der Waals surface area contributed by atoms with Gasteiger partial charge in [-0.25, -0.2) is 0 Å². The number of H-pyrrole nitrogens is 1. The number of halogens is 2. The minimum absolute atomic E-state index is 0.119. The smallest absolute Gasteiger partial charge is 0.311 e. The van der Waals surface area contributed by atoms with Gasteiger partial charge in [-0.05, 0) is 36.2 Å². The normalized spacial score (nSPS) is 13.4. The molecule has 0 saturated heterocycles. The van der Waals surface area contributed by atoms with E-state index in [0.717, 1.165) is 0 Å². The second-order valence-electron chi connectivity index (χ2n) is 9.55. The van der Waals surface area contributed by atoms with Gasteiger partial charge in [0.1, 0.15) is 18.6 Å². The predicted octanol–water partition coefficient (Wildman–Crippen LogP) is 4.72. The number of aromatic amines is 1. The molecular formula is C21H29F2N5O2Si. The van der Waals surface area contributed by atoms with Crippen molar-refractivity contribution >= 4 is 14.1 Å². The number of nitrogens with one attached hydrogen (secondary N) is 1. The molecule has 0 spiro atoms. The van der Waals surface area contributed by atoms with Crippen molar-refractivity contribution < 1.29 is 13.2 Å². The van der Waals surface area contributed by atoms with Gasteiger partial charge in [0.05, 0.1) is 5.69 Å². The van der Waals surface area contributed by atoms with Gasteiger partial charge < -0.3 is 9.41 Å². The average molecular weight is 450 g/mol. The van der Waals surface area contributed by atoms with Crippen LogP contribution < -0.4 is 5.56 Å². The van der Waals surface area contributed by atoms with E-state index in [1.807, 2.05) is 47.7 Å². The molecular weight excluding hydrogens is 420 g/mol. The first-order chi connectivity index (χ1) is 14.2. The third kappa shape index (κ3) is 4.45. The second kappa shape index (κ2) is 7.90. The summed E-state index contributed by atoms with van der Waals surface area (Å²) in [5, 5.41) is 3.77. The molecule has 3 aromatic heterocycles. The zero-order valence-corrected chi connectivity index (χ0v) is 20.0. The summed E-state index contributed by atoms with van der Waals surface area (Å²) in [6, 6.07) is 2.81. The van der Waals surface area contributed by atoms with Gasteiger partial charge in [-0.3, -0.25) is 9.78 Å². The van der Waals surface area contributed by atoms with Gasteiger partial charge in [0.2, 0.25) is 5.78 Å². The van der Waals surface area contributed by atoms with Gasteiger partial charge in [-0.2, -0.15) is 23.4 Å². The third-order valence-electron chi connectivity index (χ3n) is 5.90. The number of hydrogen-bond donors (Lipinski definition) is 1. The Morgan fingerprint density at radius 1 is 1.19 bits per heavy atom. The highest BCUT2D eigenvalue weighted by molar-refractivity contribution is 6.74. The quantitative estimate of drug-likeness (QED) is 0.551. The molecule has 0 unspecified atom stereocenters. The lowest BCUT2D eigenvalue weighted by atomic mass is 9.99. The van der Waals surface area contributed by atoms with E-state index in [0.29, 0.717) is 16.8 Å². The van der Waals surface area contributed by atoms with Crippen LogP contribution in [0, 0.1) is 0 Å². The largest absolute Gasteiger partial charge is 0.410 e. The summed E-state index contributed by atoms with van der Waals surface area (Å²) < 4.78 is 36.5. The zero-order valence-electron chi connectivity index (χ0n) is 19.0. The number of rotatable bonds is 6. The number of fused-ring (bicyclic) bond motifs is 1. The highest BCUT2D eigenvalue weighted by atomic mass is 28.4. The summed E-state index contributed by atoms with van der Waals surface area (Å²) in [6.07, 6.45) is 2.63. The van der Waals surface area contributed by atoms with E-state index in [1.54, 1.807) is 0 Å². The van der Waals surface area contributed by atoms with Crippen LogP contribution in [0.2, 0.25) is 18.1 Å². The van der Waals surface area contributed by atoms with E-state index in [1.165, 1.54) is 29.2 Å². The fourth-order valence-corrected chi connectivity index (χ4v) is 3.93. The van der Waals surface area contributed by atoms with Crippen LogP contribution in [-0.4, -0.2) is 39.5 Å². The molecule has 0 aliphatic heterocycles. The molecule has 0 radical (unpaired) electrons. The fraction of sp³-hybridized carbons (Fsp3) is 0.524. The van der Waals surface area contributed by atoms with E-state index in [-0.39, 0.29) is 28.0 Å². The first-order valence-electron chi connectivity index (χ1n) is 10.2. The molecule has 31 heavy (non-hydrogen) atoms. The number of hydrogen-bond acceptors (Lipinski definition) is 5. The number of nitrogens with zero attached hydrogens (tertiary/aromatic N) is 4. The Balaban J connectivity index is 1.93. The molecule has 168 valence electrons. The molecule has 0 atom stereocenters. The molecule has 3 heterocycles. The Morgan fingerprint density at radius 2 is 1.87 bits per heavy atom. The lowest BCUT2D eigenvalue weighted by Gasteiger charge is -2.37. The van der Waals surface area contributed by atoms with E-state index in [4.69, 9.17) is 4.43 Å². The molecule has 0 aliphatic carbocycles. The molecule has 0 aromatic carbocycles. The van der Waals surface area contributed by atoms with Crippen molar-refractivity contribution in [2.24, 2.45) is 0 Å². The van der Waals surface area contributed by atoms with Crippen molar-refractivity contribution in [3.63, 3.8) is 0 Å². The van der Waals surface area contributed by atoms with Crippen LogP contribution in [0.1, 0.15) is 51.8 Å². The maximum atomic E-state index is 14.8. The number of pyridine rings is 1. The molecule has 0 amide bonds. The lowest BCUT2D eigenvalue weighted by molar-refractivity contribution is -0.0545. The SMILES string of the molecule is CC(C)c1c(-c2ccc(C(F)(F)CO[Si](C)(C)C(C)(C)C)nc2)[nH]c2ncnn2c1=O. The molecule has 7 nitrogen and oxygen atoms in total. The molecule has 3 aromatic rings. The Morgan fingerprint density at radius 3 is 2.42 bits per heavy atom. The van der Waals surface area contributed by atoms with Crippen LogP contribution in [0.4, 0.5) is 8.78 Å². The minimum atomic E-state index is -3.22. The van der Waals surface area contributed by atoms with Crippen LogP contribution in [0.25, 0.3) is 17.0 Å². The van der Waals surface area contributed by atoms with E-state index >= 15 is 0 Å². The highest BCUT2D eigenvalue weighted by Gasteiger charge is 2.42. The van der Waals surface area contributed by atoms with Crippen molar-refractivity contribution in [1.82, 2.24) is 24.6 Å². The van der Waals surface area contributed by atoms with Crippen molar-refractivity contribution in [3.05, 3.63) is 46.3 Å². The molecule has 0 aliphatic rings. The van der Waals surface area contributed by atoms with Crippen molar-refractivity contribution in [2.45, 2.75) is 64.6 Å². The average Bonchev–Trinajstić information content (AvgIpc) is 3.14. The van der Waals surface area contributed by atoms with Gasteiger partial charge in [-0.15, -0.1) is 0 Å². The van der Waals surface area contributed by atoms with Gasteiger partial charge in [0, 0.05) is 17.3 Å². The van der Waals surface area contributed by atoms with E-state index in [2.05, 4.69) is 20.1 Å². The number of aromatic nitrogens is 5. The summed E-state index contributed by atoms with van der Waals surface area (Å²) in [5.74, 6) is -3.06. The Bertz CT molecular complexity index is 1130. The van der Waals surface area contributed by atoms with Gasteiger partial charge in [-0.1, -0.05) is 34.6 Å². The topological polar surface area (TPSA) is 85.2 Å². The molecule has 10 heteroatoms. The van der Waals surface area contributed by atoms with E-state index < -0.39 is 20.8 Å². The van der Waals surface area contributed by atoms with Crippen molar-refractivity contribution in [3.8, 4) is 11.3 Å². The van der Waals surface area contributed by atoms with Crippen LogP contribution in [0.15, 0.2) is 29.5 Å². The second-order valence-corrected chi connectivity index (χ2v) is 14.4. The highest BCUT2D eigenvalue weighted by Crippen LogP contribution is 2.39. The maximum Gasteiger partial charge on any atom is 0.311 e. The number of alkyl halides is 2. The van der Waals surface area contributed by atoms with E-state index in [9.17, 15) is 13.6 Å². The first kappa shape index (κ1) is 23.2. The molecule has 0 fully saturated rings.